The van der Waals surface area contributed by atoms with E-state index < -0.39 is 0 Å². The van der Waals surface area contributed by atoms with Crippen LogP contribution < -0.4 is 0 Å². The summed E-state index contributed by atoms with van der Waals surface area (Å²) in [5.41, 5.74) is 1.24. The minimum absolute atomic E-state index is 0.129. The van der Waals surface area contributed by atoms with Crippen LogP contribution in [0, 0.1) is 10.1 Å². The summed E-state index contributed by atoms with van der Waals surface area (Å²) < 4.78 is 0. The second kappa shape index (κ2) is 3.65. The predicted molar refractivity (Wildman–Crippen MR) is 59.6 cm³/mol. The molecule has 6 nitrogen and oxygen atoms in total. The van der Waals surface area contributed by atoms with Gasteiger partial charge in [-0.05, 0) is 17.9 Å². The van der Waals surface area contributed by atoms with Crippen LogP contribution >= 0.6 is 0 Å². The summed E-state index contributed by atoms with van der Waals surface area (Å²) in [7, 11) is 0. The molecule has 1 heterocycles. The first-order valence-electron chi connectivity index (χ1n) is 5.35. The standard InChI is InChI=1S/C11H10N4O2/c16-15(17)8-3-1-7(2-4-8)9-5-10(9)11-12-6-13-14-11/h1-4,6,9-10H,5H2,(H,12,13,14). The van der Waals surface area contributed by atoms with E-state index in [1.54, 1.807) is 18.5 Å². The number of aromatic amines is 1. The van der Waals surface area contributed by atoms with E-state index in [0.717, 1.165) is 17.8 Å². The first-order chi connectivity index (χ1) is 8.25. The Morgan fingerprint density at radius 2 is 2.06 bits per heavy atom. The second-order valence-corrected chi connectivity index (χ2v) is 4.15. The number of nitro benzene ring substituents is 1. The highest BCUT2D eigenvalue weighted by Gasteiger charge is 2.42. The van der Waals surface area contributed by atoms with E-state index in [9.17, 15) is 10.1 Å². The Balaban J connectivity index is 1.77. The largest absolute Gasteiger partial charge is 0.269 e. The van der Waals surface area contributed by atoms with Crippen molar-refractivity contribution in [2.75, 3.05) is 0 Å². The van der Waals surface area contributed by atoms with Gasteiger partial charge in [0.05, 0.1) is 4.92 Å². The average Bonchev–Trinajstić information content (AvgIpc) is 2.95. The van der Waals surface area contributed by atoms with Crippen LogP contribution in [-0.2, 0) is 0 Å². The molecule has 0 bridgehead atoms. The lowest BCUT2D eigenvalue weighted by molar-refractivity contribution is -0.384. The minimum Gasteiger partial charge on any atom is -0.266 e. The molecule has 1 aromatic heterocycles. The Labute approximate surface area is 96.8 Å². The molecule has 1 aromatic carbocycles. The van der Waals surface area contributed by atoms with Crippen molar-refractivity contribution >= 4 is 5.69 Å². The third-order valence-corrected chi connectivity index (χ3v) is 3.09. The molecule has 1 fully saturated rings. The van der Waals surface area contributed by atoms with Crippen LogP contribution in [0.2, 0.25) is 0 Å². The molecule has 2 atom stereocenters. The normalized spacial score (nSPS) is 22.4. The second-order valence-electron chi connectivity index (χ2n) is 4.15. The van der Waals surface area contributed by atoms with Gasteiger partial charge in [-0.1, -0.05) is 12.1 Å². The van der Waals surface area contributed by atoms with Gasteiger partial charge < -0.3 is 0 Å². The summed E-state index contributed by atoms with van der Waals surface area (Å²) in [4.78, 5) is 14.3. The summed E-state index contributed by atoms with van der Waals surface area (Å²) in [6, 6.07) is 6.72. The summed E-state index contributed by atoms with van der Waals surface area (Å²) in [5, 5.41) is 17.3. The van der Waals surface area contributed by atoms with E-state index in [1.165, 1.54) is 0 Å². The molecule has 0 amide bonds. The number of hydrogen-bond acceptors (Lipinski definition) is 4. The SMILES string of the molecule is O=[N+]([O-])c1ccc(C2CC2c2nc[nH]n2)cc1. The lowest BCUT2D eigenvalue weighted by Crippen LogP contribution is -1.90. The topological polar surface area (TPSA) is 84.7 Å². The van der Waals surface area contributed by atoms with Crippen LogP contribution in [0.15, 0.2) is 30.6 Å². The molecule has 0 saturated heterocycles. The predicted octanol–water partition coefficient (Wildman–Crippen LogP) is 1.98. The number of rotatable bonds is 3. The maximum absolute atomic E-state index is 10.5. The third-order valence-electron chi connectivity index (χ3n) is 3.09. The van der Waals surface area contributed by atoms with Crippen LogP contribution in [0.5, 0.6) is 0 Å². The van der Waals surface area contributed by atoms with Crippen LogP contribution in [0.3, 0.4) is 0 Å². The Bertz CT molecular complexity index is 535. The van der Waals surface area contributed by atoms with Gasteiger partial charge in [0.1, 0.15) is 6.33 Å². The van der Waals surface area contributed by atoms with E-state index in [2.05, 4.69) is 15.2 Å². The quantitative estimate of drug-likeness (QED) is 0.645. The fraction of sp³-hybridized carbons (Fsp3) is 0.273. The van der Waals surface area contributed by atoms with Gasteiger partial charge in [-0.2, -0.15) is 5.10 Å². The number of H-pyrrole nitrogens is 1. The number of aromatic nitrogens is 3. The molecule has 1 aliphatic rings. The van der Waals surface area contributed by atoms with Gasteiger partial charge in [0, 0.05) is 18.1 Å². The van der Waals surface area contributed by atoms with Gasteiger partial charge >= 0.3 is 0 Å². The molecule has 6 heteroatoms. The summed E-state index contributed by atoms with van der Waals surface area (Å²) in [5.74, 6) is 1.57. The van der Waals surface area contributed by atoms with Crippen LogP contribution in [0.1, 0.15) is 29.6 Å². The molecule has 86 valence electrons. The van der Waals surface area contributed by atoms with Gasteiger partial charge in [0.25, 0.3) is 5.69 Å². The van der Waals surface area contributed by atoms with E-state index in [1.807, 2.05) is 12.1 Å². The first-order valence-corrected chi connectivity index (χ1v) is 5.35. The fourth-order valence-corrected chi connectivity index (χ4v) is 2.09. The molecule has 1 aliphatic carbocycles. The summed E-state index contributed by atoms with van der Waals surface area (Å²) in [6.07, 6.45) is 2.58. The monoisotopic (exact) mass is 230 g/mol. The van der Waals surface area contributed by atoms with Crippen molar-refractivity contribution in [2.24, 2.45) is 0 Å². The zero-order valence-electron chi connectivity index (χ0n) is 8.91. The molecule has 1 saturated carbocycles. The maximum Gasteiger partial charge on any atom is 0.269 e. The Morgan fingerprint density at radius 1 is 1.29 bits per heavy atom. The van der Waals surface area contributed by atoms with Crippen LogP contribution in [0.4, 0.5) is 5.69 Å². The Kier molecular flexibility index (Phi) is 2.14. The molecule has 0 radical (unpaired) electrons. The zero-order chi connectivity index (χ0) is 11.8. The fourth-order valence-electron chi connectivity index (χ4n) is 2.09. The number of non-ortho nitro benzene ring substituents is 1. The van der Waals surface area contributed by atoms with Crippen molar-refractivity contribution in [2.45, 2.75) is 18.3 Å². The van der Waals surface area contributed by atoms with E-state index in [4.69, 9.17) is 0 Å². The van der Waals surface area contributed by atoms with Crippen molar-refractivity contribution in [3.05, 3.63) is 52.1 Å². The number of benzene rings is 1. The lowest BCUT2D eigenvalue weighted by atomic mass is 10.1. The van der Waals surface area contributed by atoms with E-state index >= 15 is 0 Å². The molecule has 1 N–H and O–H groups in total. The maximum atomic E-state index is 10.5. The van der Waals surface area contributed by atoms with Gasteiger partial charge in [-0.15, -0.1) is 0 Å². The molecular formula is C11H10N4O2. The highest BCUT2D eigenvalue weighted by Crippen LogP contribution is 2.53. The van der Waals surface area contributed by atoms with Gasteiger partial charge in [-0.25, -0.2) is 4.98 Å². The number of nitrogens with one attached hydrogen (secondary N) is 1. The molecular weight excluding hydrogens is 220 g/mol. The van der Waals surface area contributed by atoms with Gasteiger partial charge in [0.2, 0.25) is 0 Å². The molecule has 0 aliphatic heterocycles. The summed E-state index contributed by atoms with van der Waals surface area (Å²) >= 11 is 0. The van der Waals surface area contributed by atoms with Gasteiger partial charge in [0.15, 0.2) is 5.82 Å². The van der Waals surface area contributed by atoms with Crippen LogP contribution in [-0.4, -0.2) is 20.1 Å². The highest BCUT2D eigenvalue weighted by atomic mass is 16.6. The minimum atomic E-state index is -0.385. The molecule has 2 aromatic rings. The first kappa shape index (κ1) is 9.95. The molecule has 2 unspecified atom stereocenters. The van der Waals surface area contributed by atoms with Crippen LogP contribution in [0.25, 0.3) is 0 Å². The van der Waals surface area contributed by atoms with Gasteiger partial charge in [-0.3, -0.25) is 15.2 Å². The smallest absolute Gasteiger partial charge is 0.266 e. The van der Waals surface area contributed by atoms with Crippen molar-refractivity contribution in [3.63, 3.8) is 0 Å². The molecule has 0 spiro atoms. The number of nitro groups is 1. The van der Waals surface area contributed by atoms with E-state index in [0.29, 0.717) is 11.8 Å². The zero-order valence-corrected chi connectivity index (χ0v) is 8.91. The number of nitrogens with zero attached hydrogens (tertiary/aromatic N) is 3. The lowest BCUT2D eigenvalue weighted by Gasteiger charge is -1.98. The average molecular weight is 230 g/mol. The van der Waals surface area contributed by atoms with E-state index in [-0.39, 0.29) is 10.6 Å². The summed E-state index contributed by atoms with van der Waals surface area (Å²) in [6.45, 7) is 0. The van der Waals surface area contributed by atoms with Crippen molar-refractivity contribution in [1.29, 1.82) is 0 Å². The molecule has 3 rings (SSSR count). The number of hydrogen-bond donors (Lipinski definition) is 1. The van der Waals surface area contributed by atoms with Crippen molar-refractivity contribution < 1.29 is 4.92 Å². The Hall–Kier alpha value is -2.24. The highest BCUT2D eigenvalue weighted by molar-refractivity contribution is 5.38. The van der Waals surface area contributed by atoms with Crippen molar-refractivity contribution in [1.82, 2.24) is 15.2 Å². The third kappa shape index (κ3) is 1.77. The Morgan fingerprint density at radius 3 is 2.65 bits per heavy atom. The molecule has 17 heavy (non-hydrogen) atoms. The van der Waals surface area contributed by atoms with Crippen molar-refractivity contribution in [3.8, 4) is 0 Å².